The van der Waals surface area contributed by atoms with Crippen LogP contribution in [0.5, 0.6) is 0 Å². The molecule has 0 aromatic carbocycles. The number of rotatable bonds is 12. The van der Waals surface area contributed by atoms with Gasteiger partial charge in [0.15, 0.2) is 0 Å². The van der Waals surface area contributed by atoms with Crippen LogP contribution in [0.25, 0.3) is 0 Å². The number of nitrogens with one attached hydrogen (secondary N) is 1. The molecule has 4 nitrogen and oxygen atoms in total. The highest BCUT2D eigenvalue weighted by Gasteiger charge is 1.98. The van der Waals surface area contributed by atoms with E-state index in [4.69, 9.17) is 14.2 Å². The zero-order chi connectivity index (χ0) is 13.8. The molecule has 0 spiro atoms. The summed E-state index contributed by atoms with van der Waals surface area (Å²) in [6, 6.07) is 2.15. The highest BCUT2D eigenvalue weighted by molar-refractivity contribution is 7.10. The zero-order valence-corrected chi connectivity index (χ0v) is 12.8. The Bertz CT molecular complexity index is 317. The van der Waals surface area contributed by atoms with Crippen molar-refractivity contribution in [3.05, 3.63) is 21.9 Å². The maximum Gasteiger partial charge on any atom is 0.0701 e. The normalized spacial score (nSPS) is 11.1. The third kappa shape index (κ3) is 8.34. The van der Waals surface area contributed by atoms with E-state index in [1.54, 1.807) is 18.4 Å². The predicted octanol–water partition coefficient (Wildman–Crippen LogP) is 2.22. The lowest BCUT2D eigenvalue weighted by Gasteiger charge is -2.07. The van der Waals surface area contributed by atoms with Gasteiger partial charge in [0.05, 0.1) is 19.8 Å². The van der Waals surface area contributed by atoms with Crippen LogP contribution in [-0.2, 0) is 20.8 Å². The van der Waals surface area contributed by atoms with Crippen molar-refractivity contribution >= 4 is 11.3 Å². The van der Waals surface area contributed by atoms with Gasteiger partial charge in [0.25, 0.3) is 0 Å². The second-order valence-electron chi connectivity index (χ2n) is 4.27. The number of hydrogen-bond donors (Lipinski definition) is 1. The first-order valence-corrected chi connectivity index (χ1v) is 7.60. The highest BCUT2D eigenvalue weighted by Crippen LogP contribution is 2.14. The van der Waals surface area contributed by atoms with E-state index < -0.39 is 0 Å². The number of ether oxygens (including phenoxy) is 3. The topological polar surface area (TPSA) is 39.7 Å². The highest BCUT2D eigenvalue weighted by atomic mass is 32.1. The predicted molar refractivity (Wildman–Crippen MR) is 78.9 cm³/mol. The molecule has 5 heteroatoms. The second-order valence-corrected chi connectivity index (χ2v) is 5.28. The Kier molecular flexibility index (Phi) is 9.93. The van der Waals surface area contributed by atoms with Gasteiger partial charge >= 0.3 is 0 Å². The molecule has 1 aromatic rings. The Morgan fingerprint density at radius 2 is 1.89 bits per heavy atom. The Morgan fingerprint density at radius 1 is 1.11 bits per heavy atom. The first kappa shape index (κ1) is 16.6. The smallest absolute Gasteiger partial charge is 0.0701 e. The SMILES string of the molecule is COCCCOCCOCCNCc1sccc1C. The van der Waals surface area contributed by atoms with Gasteiger partial charge < -0.3 is 19.5 Å². The quantitative estimate of drug-likeness (QED) is 0.598. The number of aryl methyl sites for hydroxylation is 1. The molecule has 0 fully saturated rings. The average Bonchev–Trinajstić information content (AvgIpc) is 2.82. The number of hydrogen-bond acceptors (Lipinski definition) is 5. The molecule has 0 radical (unpaired) electrons. The Labute approximate surface area is 120 Å². The lowest BCUT2D eigenvalue weighted by molar-refractivity contribution is 0.0408. The van der Waals surface area contributed by atoms with Gasteiger partial charge in [-0.25, -0.2) is 0 Å². The first-order valence-electron chi connectivity index (χ1n) is 6.72. The molecule has 0 bridgehead atoms. The van der Waals surface area contributed by atoms with Crippen molar-refractivity contribution in [1.82, 2.24) is 5.32 Å². The molecule has 0 unspecified atom stereocenters. The summed E-state index contributed by atoms with van der Waals surface area (Å²) in [5.74, 6) is 0. The van der Waals surface area contributed by atoms with Crippen molar-refractivity contribution < 1.29 is 14.2 Å². The zero-order valence-electron chi connectivity index (χ0n) is 11.9. The van der Waals surface area contributed by atoms with Crippen molar-refractivity contribution in [3.8, 4) is 0 Å². The van der Waals surface area contributed by atoms with Gasteiger partial charge in [0.2, 0.25) is 0 Å². The van der Waals surface area contributed by atoms with Crippen LogP contribution in [0.2, 0.25) is 0 Å². The molecule has 19 heavy (non-hydrogen) atoms. The van der Waals surface area contributed by atoms with E-state index in [9.17, 15) is 0 Å². The molecular weight excluding hydrogens is 262 g/mol. The van der Waals surface area contributed by atoms with Gasteiger partial charge in [-0.05, 0) is 30.4 Å². The first-order chi connectivity index (χ1) is 9.34. The summed E-state index contributed by atoms with van der Waals surface area (Å²) in [4.78, 5) is 1.40. The minimum Gasteiger partial charge on any atom is -0.385 e. The molecule has 1 aromatic heterocycles. The van der Waals surface area contributed by atoms with E-state index in [1.165, 1.54) is 10.4 Å². The third-order valence-corrected chi connectivity index (χ3v) is 3.71. The van der Waals surface area contributed by atoms with Crippen LogP contribution >= 0.6 is 11.3 Å². The van der Waals surface area contributed by atoms with Crippen LogP contribution in [0.3, 0.4) is 0 Å². The summed E-state index contributed by atoms with van der Waals surface area (Å²) in [6.45, 7) is 7.50. The van der Waals surface area contributed by atoms with E-state index in [0.29, 0.717) is 13.2 Å². The van der Waals surface area contributed by atoms with Gasteiger partial charge in [0.1, 0.15) is 0 Å². The number of methoxy groups -OCH3 is 1. The van der Waals surface area contributed by atoms with Crippen LogP contribution in [0.1, 0.15) is 16.9 Å². The summed E-state index contributed by atoms with van der Waals surface area (Å²) in [5.41, 5.74) is 1.36. The van der Waals surface area contributed by atoms with Gasteiger partial charge in [-0.15, -0.1) is 11.3 Å². The van der Waals surface area contributed by atoms with Crippen molar-refractivity contribution in [3.63, 3.8) is 0 Å². The molecule has 0 atom stereocenters. The van der Waals surface area contributed by atoms with Gasteiger partial charge in [-0.2, -0.15) is 0 Å². The second kappa shape index (κ2) is 11.4. The summed E-state index contributed by atoms with van der Waals surface area (Å²) < 4.78 is 15.8. The fraction of sp³-hybridized carbons (Fsp3) is 0.714. The molecule has 1 heterocycles. The third-order valence-electron chi connectivity index (χ3n) is 2.69. The largest absolute Gasteiger partial charge is 0.385 e. The van der Waals surface area contributed by atoms with E-state index in [-0.39, 0.29) is 0 Å². The summed E-state index contributed by atoms with van der Waals surface area (Å²) in [6.07, 6.45) is 0.943. The fourth-order valence-corrected chi connectivity index (χ4v) is 2.43. The molecule has 1 rings (SSSR count). The Balaban J connectivity index is 1.80. The molecule has 110 valence electrons. The Morgan fingerprint density at radius 3 is 2.58 bits per heavy atom. The monoisotopic (exact) mass is 287 g/mol. The van der Waals surface area contributed by atoms with Crippen molar-refractivity contribution in [2.75, 3.05) is 46.7 Å². The molecule has 0 aliphatic carbocycles. The van der Waals surface area contributed by atoms with Gasteiger partial charge in [0, 0.05) is 38.3 Å². The van der Waals surface area contributed by atoms with E-state index in [1.807, 2.05) is 0 Å². The summed E-state index contributed by atoms with van der Waals surface area (Å²) in [7, 11) is 1.70. The van der Waals surface area contributed by atoms with Crippen LogP contribution < -0.4 is 5.32 Å². The van der Waals surface area contributed by atoms with Crippen molar-refractivity contribution in [1.29, 1.82) is 0 Å². The molecule has 0 saturated heterocycles. The van der Waals surface area contributed by atoms with Crippen molar-refractivity contribution in [2.45, 2.75) is 19.9 Å². The summed E-state index contributed by atoms with van der Waals surface area (Å²) in [5, 5.41) is 5.50. The fourth-order valence-electron chi connectivity index (χ4n) is 1.56. The molecule has 0 saturated carbocycles. The molecule has 0 amide bonds. The van der Waals surface area contributed by atoms with Crippen LogP contribution in [0, 0.1) is 6.92 Å². The van der Waals surface area contributed by atoms with Gasteiger partial charge in [-0.3, -0.25) is 0 Å². The standard InChI is InChI=1S/C14H25NO3S/c1-13-4-11-19-14(13)12-15-5-8-18-10-9-17-7-3-6-16-2/h4,11,15H,3,5-10,12H2,1-2H3. The molecule has 1 N–H and O–H groups in total. The maximum absolute atomic E-state index is 5.47. The average molecular weight is 287 g/mol. The van der Waals surface area contributed by atoms with Crippen molar-refractivity contribution in [2.24, 2.45) is 0 Å². The van der Waals surface area contributed by atoms with Crippen LogP contribution in [-0.4, -0.2) is 46.7 Å². The minimum absolute atomic E-state index is 0.659. The lowest BCUT2D eigenvalue weighted by atomic mass is 10.3. The lowest BCUT2D eigenvalue weighted by Crippen LogP contribution is -2.20. The molecule has 0 aliphatic rings. The maximum atomic E-state index is 5.47. The van der Waals surface area contributed by atoms with E-state index >= 15 is 0 Å². The van der Waals surface area contributed by atoms with Crippen LogP contribution in [0.4, 0.5) is 0 Å². The molecule has 0 aliphatic heterocycles. The Hall–Kier alpha value is -0.460. The molecular formula is C14H25NO3S. The van der Waals surface area contributed by atoms with Gasteiger partial charge in [-0.1, -0.05) is 0 Å². The summed E-state index contributed by atoms with van der Waals surface area (Å²) >= 11 is 1.80. The van der Waals surface area contributed by atoms with Crippen LogP contribution in [0.15, 0.2) is 11.4 Å². The minimum atomic E-state index is 0.659. The number of thiophene rings is 1. The van der Waals surface area contributed by atoms with E-state index in [2.05, 4.69) is 23.7 Å². The van der Waals surface area contributed by atoms with E-state index in [0.717, 1.165) is 39.3 Å².